The lowest BCUT2D eigenvalue weighted by Gasteiger charge is -2.31. The molecule has 1 saturated carbocycles. The smallest absolute Gasteiger partial charge is 0.151 e. The van der Waals surface area contributed by atoms with E-state index < -0.39 is 9.84 Å². The molecule has 0 aromatic rings. The molecular weight excluding hydrogens is 214 g/mol. The summed E-state index contributed by atoms with van der Waals surface area (Å²) in [7, 11) is -2.84. The fourth-order valence-corrected chi connectivity index (χ4v) is 3.10. The topological polar surface area (TPSA) is 66.4 Å². The average molecular weight is 235 g/mol. The number of hydrogen-bond acceptors (Lipinski definition) is 4. The fraction of sp³-hybridized carbons (Fsp3) is 1.00. The first-order chi connectivity index (χ1) is 7.03. The van der Waals surface area contributed by atoms with Crippen LogP contribution in [0.15, 0.2) is 0 Å². The number of aliphatic hydroxyl groups excluding tert-OH is 1. The number of hydrogen-bond donors (Lipinski definition) is 2. The third-order valence-corrected chi connectivity index (χ3v) is 4.61. The van der Waals surface area contributed by atoms with Gasteiger partial charge in [-0.25, -0.2) is 8.42 Å². The molecule has 1 aliphatic carbocycles. The van der Waals surface area contributed by atoms with E-state index in [0.29, 0.717) is 18.9 Å². The van der Waals surface area contributed by atoms with Gasteiger partial charge >= 0.3 is 0 Å². The van der Waals surface area contributed by atoms with E-state index in [-0.39, 0.29) is 17.6 Å². The Kier molecular flexibility index (Phi) is 5.02. The molecule has 15 heavy (non-hydrogen) atoms. The highest BCUT2D eigenvalue weighted by atomic mass is 32.2. The minimum atomic E-state index is -2.84. The van der Waals surface area contributed by atoms with Crippen LogP contribution in [0.3, 0.4) is 0 Å². The lowest BCUT2D eigenvalue weighted by atomic mass is 9.82. The monoisotopic (exact) mass is 235 g/mol. The van der Waals surface area contributed by atoms with Gasteiger partial charge in [-0.15, -0.1) is 0 Å². The lowest BCUT2D eigenvalue weighted by molar-refractivity contribution is 0.0433. The van der Waals surface area contributed by atoms with Gasteiger partial charge in [0.2, 0.25) is 0 Å². The molecule has 1 fully saturated rings. The molecule has 2 N–H and O–H groups in total. The molecule has 0 saturated heterocycles. The van der Waals surface area contributed by atoms with E-state index in [2.05, 4.69) is 5.32 Å². The Morgan fingerprint density at radius 3 is 2.53 bits per heavy atom. The third-order valence-electron chi connectivity index (χ3n) is 2.75. The van der Waals surface area contributed by atoms with Crippen molar-refractivity contribution in [1.29, 1.82) is 0 Å². The molecule has 1 aliphatic rings. The largest absolute Gasteiger partial charge is 0.393 e. The highest BCUT2D eigenvalue weighted by Gasteiger charge is 2.26. The molecule has 0 heterocycles. The Morgan fingerprint density at radius 1 is 1.33 bits per heavy atom. The standard InChI is InChI=1S/C10H21NO3S/c1-2-4-15(13,14)5-3-11-8-9-6-10(12)7-9/h9-12H,2-8H2,1H3. The van der Waals surface area contributed by atoms with E-state index in [1.165, 1.54) is 0 Å². The van der Waals surface area contributed by atoms with Gasteiger partial charge in [-0.05, 0) is 31.7 Å². The SMILES string of the molecule is CCCS(=O)(=O)CCNCC1CC(O)C1. The van der Waals surface area contributed by atoms with Gasteiger partial charge in [0.1, 0.15) is 0 Å². The molecule has 0 spiro atoms. The highest BCUT2D eigenvalue weighted by molar-refractivity contribution is 7.91. The summed E-state index contributed by atoms with van der Waals surface area (Å²) in [5, 5.41) is 12.2. The maximum atomic E-state index is 11.3. The van der Waals surface area contributed by atoms with Crippen LogP contribution in [-0.4, -0.2) is 44.2 Å². The second kappa shape index (κ2) is 5.82. The van der Waals surface area contributed by atoms with Gasteiger partial charge in [0, 0.05) is 12.3 Å². The fourth-order valence-electron chi connectivity index (χ4n) is 1.81. The van der Waals surface area contributed by atoms with Gasteiger partial charge in [-0.1, -0.05) is 6.92 Å². The van der Waals surface area contributed by atoms with E-state index in [1.807, 2.05) is 6.92 Å². The van der Waals surface area contributed by atoms with Crippen molar-refractivity contribution in [1.82, 2.24) is 5.32 Å². The summed E-state index contributed by atoms with van der Waals surface area (Å²) >= 11 is 0. The lowest BCUT2D eigenvalue weighted by Crippen LogP contribution is -2.37. The second-order valence-electron chi connectivity index (χ2n) is 4.35. The van der Waals surface area contributed by atoms with Gasteiger partial charge in [-0.3, -0.25) is 0 Å². The van der Waals surface area contributed by atoms with Crippen LogP contribution in [0.4, 0.5) is 0 Å². The molecule has 0 atom stereocenters. The van der Waals surface area contributed by atoms with Crippen molar-refractivity contribution in [3.63, 3.8) is 0 Å². The highest BCUT2D eigenvalue weighted by Crippen LogP contribution is 2.25. The Morgan fingerprint density at radius 2 is 2.00 bits per heavy atom. The average Bonchev–Trinajstić information content (AvgIpc) is 2.08. The van der Waals surface area contributed by atoms with E-state index in [0.717, 1.165) is 19.4 Å². The summed E-state index contributed by atoms with van der Waals surface area (Å²) in [4.78, 5) is 0. The maximum Gasteiger partial charge on any atom is 0.151 e. The van der Waals surface area contributed by atoms with Gasteiger partial charge in [0.05, 0.1) is 11.9 Å². The number of nitrogens with one attached hydrogen (secondary N) is 1. The van der Waals surface area contributed by atoms with Crippen molar-refractivity contribution in [2.24, 2.45) is 5.92 Å². The van der Waals surface area contributed by atoms with Gasteiger partial charge in [0.25, 0.3) is 0 Å². The van der Waals surface area contributed by atoms with Crippen LogP contribution >= 0.6 is 0 Å². The van der Waals surface area contributed by atoms with E-state index in [4.69, 9.17) is 5.11 Å². The summed E-state index contributed by atoms with van der Waals surface area (Å²) in [6.45, 7) is 3.24. The van der Waals surface area contributed by atoms with Crippen LogP contribution in [0.5, 0.6) is 0 Å². The number of rotatable bonds is 7. The van der Waals surface area contributed by atoms with Crippen molar-refractivity contribution in [3.8, 4) is 0 Å². The van der Waals surface area contributed by atoms with Crippen LogP contribution in [0.25, 0.3) is 0 Å². The molecule has 5 heteroatoms. The number of aliphatic hydroxyl groups is 1. The Hall–Kier alpha value is -0.130. The van der Waals surface area contributed by atoms with Crippen molar-refractivity contribution in [3.05, 3.63) is 0 Å². The maximum absolute atomic E-state index is 11.3. The van der Waals surface area contributed by atoms with E-state index in [9.17, 15) is 8.42 Å². The summed E-state index contributed by atoms with van der Waals surface area (Å²) in [6, 6.07) is 0. The van der Waals surface area contributed by atoms with Gasteiger partial charge in [-0.2, -0.15) is 0 Å². The zero-order chi connectivity index (χ0) is 11.3. The summed E-state index contributed by atoms with van der Waals surface area (Å²) in [5.41, 5.74) is 0. The molecule has 0 aromatic carbocycles. The van der Waals surface area contributed by atoms with E-state index >= 15 is 0 Å². The predicted octanol–water partition coefficient (Wildman–Crippen LogP) is 0.172. The zero-order valence-corrected chi connectivity index (χ0v) is 10.1. The number of sulfone groups is 1. The van der Waals surface area contributed by atoms with Crippen LogP contribution in [0.1, 0.15) is 26.2 Å². The van der Waals surface area contributed by atoms with Gasteiger partial charge < -0.3 is 10.4 Å². The zero-order valence-electron chi connectivity index (χ0n) is 9.28. The van der Waals surface area contributed by atoms with Gasteiger partial charge in [0.15, 0.2) is 9.84 Å². The molecule has 0 aliphatic heterocycles. The molecule has 4 nitrogen and oxygen atoms in total. The quantitative estimate of drug-likeness (QED) is 0.617. The van der Waals surface area contributed by atoms with E-state index in [1.54, 1.807) is 0 Å². The van der Waals surface area contributed by atoms with Crippen molar-refractivity contribution < 1.29 is 13.5 Å². The summed E-state index contributed by atoms with van der Waals surface area (Å²) in [5.74, 6) is 1.06. The molecule has 0 radical (unpaired) electrons. The molecule has 0 unspecified atom stereocenters. The molecule has 0 aromatic heterocycles. The van der Waals surface area contributed by atoms with Crippen molar-refractivity contribution in [2.75, 3.05) is 24.6 Å². The normalized spacial score (nSPS) is 26.3. The molecule has 0 amide bonds. The van der Waals surface area contributed by atoms with Crippen molar-refractivity contribution in [2.45, 2.75) is 32.3 Å². The third kappa shape index (κ3) is 4.95. The Balaban J connectivity index is 2.01. The summed E-state index contributed by atoms with van der Waals surface area (Å²) in [6.07, 6.45) is 2.28. The van der Waals surface area contributed by atoms with Crippen LogP contribution in [0, 0.1) is 5.92 Å². The molecular formula is C10H21NO3S. The second-order valence-corrected chi connectivity index (χ2v) is 6.65. The first-order valence-electron chi connectivity index (χ1n) is 5.62. The van der Waals surface area contributed by atoms with Crippen LogP contribution < -0.4 is 5.32 Å². The Bertz CT molecular complexity index is 270. The van der Waals surface area contributed by atoms with Crippen molar-refractivity contribution >= 4 is 9.84 Å². The predicted molar refractivity (Wildman–Crippen MR) is 60.5 cm³/mol. The minimum Gasteiger partial charge on any atom is -0.393 e. The van der Waals surface area contributed by atoms with Crippen LogP contribution in [-0.2, 0) is 9.84 Å². The molecule has 0 bridgehead atoms. The first-order valence-corrected chi connectivity index (χ1v) is 7.45. The Labute approximate surface area is 92.0 Å². The molecule has 1 rings (SSSR count). The first kappa shape index (κ1) is 12.9. The molecule has 90 valence electrons. The minimum absolute atomic E-state index is 0.124. The van der Waals surface area contributed by atoms with Crippen LogP contribution in [0.2, 0.25) is 0 Å². The summed E-state index contributed by atoms with van der Waals surface area (Å²) < 4.78 is 22.7.